The first-order valence-electron chi connectivity index (χ1n) is 12.9. The highest BCUT2D eigenvalue weighted by Crippen LogP contribution is 2.49. The molecular formula is C31H26FN3O7. The van der Waals surface area contributed by atoms with Crippen molar-refractivity contribution in [2.45, 2.75) is 31.0 Å². The van der Waals surface area contributed by atoms with Crippen LogP contribution in [0.3, 0.4) is 0 Å². The Bertz CT molecular complexity index is 1670. The summed E-state index contributed by atoms with van der Waals surface area (Å²) >= 11 is 0. The first-order valence-corrected chi connectivity index (χ1v) is 12.9. The number of aromatic nitrogens is 2. The molecule has 214 valence electrons. The molecule has 1 saturated heterocycles. The zero-order valence-corrected chi connectivity index (χ0v) is 22.6. The summed E-state index contributed by atoms with van der Waals surface area (Å²) in [5.74, 6) is -2.06. The van der Waals surface area contributed by atoms with Gasteiger partial charge in [0.2, 0.25) is 0 Å². The van der Waals surface area contributed by atoms with Gasteiger partial charge in [0, 0.05) is 11.8 Å². The van der Waals surface area contributed by atoms with Crippen LogP contribution in [0, 0.1) is 0 Å². The van der Waals surface area contributed by atoms with Gasteiger partial charge in [-0.15, -0.1) is 0 Å². The number of rotatable bonds is 7. The van der Waals surface area contributed by atoms with Crippen LogP contribution in [0.15, 0.2) is 102 Å². The van der Waals surface area contributed by atoms with Crippen molar-refractivity contribution in [1.82, 2.24) is 9.55 Å². The summed E-state index contributed by atoms with van der Waals surface area (Å²) in [6.07, 6.45) is -3.30. The minimum Gasteiger partial charge on any atom is -0.465 e. The Kier molecular flexibility index (Phi) is 7.94. The zero-order chi connectivity index (χ0) is 29.9. The van der Waals surface area contributed by atoms with E-state index in [1.165, 1.54) is 43.6 Å². The number of hydrogen-bond acceptors (Lipinski definition) is 8. The van der Waals surface area contributed by atoms with Gasteiger partial charge in [0.25, 0.3) is 5.91 Å². The second kappa shape index (κ2) is 11.8. The topological polar surface area (TPSA) is 126 Å². The van der Waals surface area contributed by atoms with Gasteiger partial charge in [-0.2, -0.15) is 4.98 Å². The number of benzene rings is 3. The molecular weight excluding hydrogens is 545 g/mol. The average molecular weight is 572 g/mol. The van der Waals surface area contributed by atoms with Crippen molar-refractivity contribution < 1.29 is 33.0 Å². The molecule has 1 aliphatic heterocycles. The molecule has 0 unspecified atom stereocenters. The molecule has 1 amide bonds. The number of nitrogens with zero attached hydrogens (tertiary/aromatic N) is 2. The molecule has 4 atom stereocenters. The number of halogens is 1. The molecule has 0 bridgehead atoms. The molecule has 42 heavy (non-hydrogen) atoms. The van der Waals surface area contributed by atoms with E-state index in [1.807, 2.05) is 0 Å². The van der Waals surface area contributed by atoms with E-state index in [9.17, 15) is 19.2 Å². The Morgan fingerprint density at radius 3 is 2.17 bits per heavy atom. The normalized spacial score (nSPS) is 21.4. The van der Waals surface area contributed by atoms with E-state index in [4.69, 9.17) is 14.2 Å². The Hall–Kier alpha value is -5.16. The van der Waals surface area contributed by atoms with E-state index in [1.54, 1.807) is 60.7 Å². The molecule has 10 nitrogen and oxygen atoms in total. The number of carbonyl (C=O) groups is 3. The average Bonchev–Trinajstić information content (AvgIpc) is 3.26. The maximum atomic E-state index is 16.8. The summed E-state index contributed by atoms with van der Waals surface area (Å²) in [6.45, 7) is 1.14. The zero-order valence-electron chi connectivity index (χ0n) is 22.6. The molecule has 0 radical (unpaired) electrons. The van der Waals surface area contributed by atoms with E-state index >= 15 is 4.39 Å². The van der Waals surface area contributed by atoms with Crippen LogP contribution in [-0.4, -0.2) is 46.3 Å². The monoisotopic (exact) mass is 571 g/mol. The molecule has 11 heteroatoms. The number of amides is 1. The lowest BCUT2D eigenvalue weighted by atomic mass is 9.91. The van der Waals surface area contributed by atoms with Crippen molar-refractivity contribution >= 4 is 23.7 Å². The fourth-order valence-electron chi connectivity index (χ4n) is 4.77. The summed E-state index contributed by atoms with van der Waals surface area (Å²) in [4.78, 5) is 55.1. The van der Waals surface area contributed by atoms with Gasteiger partial charge >= 0.3 is 17.6 Å². The van der Waals surface area contributed by atoms with Gasteiger partial charge in [-0.3, -0.25) is 9.36 Å². The van der Waals surface area contributed by atoms with E-state index in [-0.39, 0.29) is 22.5 Å². The predicted octanol–water partition coefficient (Wildman–Crippen LogP) is 4.51. The highest BCUT2D eigenvalue weighted by molar-refractivity contribution is 6.03. The predicted molar refractivity (Wildman–Crippen MR) is 149 cm³/mol. The van der Waals surface area contributed by atoms with E-state index in [2.05, 4.69) is 10.3 Å². The number of hydrogen-bond donors (Lipinski definition) is 1. The summed E-state index contributed by atoms with van der Waals surface area (Å²) in [6, 6.07) is 23.9. The van der Waals surface area contributed by atoms with Gasteiger partial charge in [-0.1, -0.05) is 54.6 Å². The summed E-state index contributed by atoms with van der Waals surface area (Å²) in [7, 11) is 1.20. The fraction of sp³-hybridized carbons (Fsp3) is 0.194. The van der Waals surface area contributed by atoms with Gasteiger partial charge in [-0.05, 0) is 48.9 Å². The first-order chi connectivity index (χ1) is 20.2. The lowest BCUT2D eigenvalue weighted by molar-refractivity contribution is -0.0521. The molecule has 0 spiro atoms. The molecule has 1 aliphatic rings. The Morgan fingerprint density at radius 2 is 1.52 bits per heavy atom. The quantitative estimate of drug-likeness (QED) is 0.321. The second-order valence-electron chi connectivity index (χ2n) is 9.65. The van der Waals surface area contributed by atoms with Crippen LogP contribution in [0.25, 0.3) is 0 Å². The minimum atomic E-state index is -2.49. The molecule has 1 N–H and O–H groups in total. The Morgan fingerprint density at radius 1 is 0.905 bits per heavy atom. The third-order valence-electron chi connectivity index (χ3n) is 6.87. The van der Waals surface area contributed by atoms with E-state index in [0.717, 1.165) is 11.5 Å². The summed E-state index contributed by atoms with van der Waals surface area (Å²) in [5, 5.41) is 2.53. The summed E-state index contributed by atoms with van der Waals surface area (Å²) in [5.41, 5.74) is -2.60. The first kappa shape index (κ1) is 28.4. The van der Waals surface area contributed by atoms with Crippen molar-refractivity contribution in [3.8, 4) is 0 Å². The molecule has 1 aromatic heterocycles. The number of methoxy groups -OCH3 is 1. The van der Waals surface area contributed by atoms with Gasteiger partial charge in [0.05, 0.1) is 18.2 Å². The number of carbonyl (C=O) groups excluding carboxylic acids is 3. The van der Waals surface area contributed by atoms with Gasteiger partial charge in [-0.25, -0.2) is 18.8 Å². The van der Waals surface area contributed by atoms with Crippen LogP contribution in [0.2, 0.25) is 0 Å². The highest BCUT2D eigenvalue weighted by atomic mass is 19.1. The van der Waals surface area contributed by atoms with Crippen LogP contribution in [0.5, 0.6) is 0 Å². The standard InChI is InChI=1S/C31H26FN3O7/c1-31(32)25(42-27(37)20-13-7-4-8-14-20)24(21-15-9-10-16-22(21)28(38)40-2)41-29(31)35-18-17-23(34-30(35)39)33-26(36)19-11-5-3-6-12-19/h3-18,24-25,29H,1-2H3,(H,33,34,36,39)/t24-,25-,29-,31-/m1/s1. The molecule has 4 aromatic rings. The van der Waals surface area contributed by atoms with Crippen molar-refractivity contribution in [2.24, 2.45) is 0 Å². The van der Waals surface area contributed by atoms with E-state index < -0.39 is 47.6 Å². The summed E-state index contributed by atoms with van der Waals surface area (Å²) < 4.78 is 34.3. The second-order valence-corrected chi connectivity index (χ2v) is 9.65. The molecule has 0 saturated carbocycles. The SMILES string of the molecule is COC(=O)c1ccccc1[C@H]1O[C@@H](n2ccc(NC(=O)c3ccccc3)nc2=O)[C@](C)(F)[C@@H]1OC(=O)c1ccccc1. The molecule has 1 fully saturated rings. The Labute approximate surface area is 239 Å². The van der Waals surface area contributed by atoms with Crippen molar-refractivity contribution in [1.29, 1.82) is 0 Å². The maximum absolute atomic E-state index is 16.8. The van der Waals surface area contributed by atoms with Crippen LogP contribution in [0.4, 0.5) is 10.2 Å². The number of alkyl halides is 1. The fourth-order valence-corrected chi connectivity index (χ4v) is 4.77. The third kappa shape index (κ3) is 5.54. The van der Waals surface area contributed by atoms with Crippen molar-refractivity contribution in [3.63, 3.8) is 0 Å². The molecule has 3 aromatic carbocycles. The smallest absolute Gasteiger partial charge is 0.351 e. The van der Waals surface area contributed by atoms with Gasteiger partial charge in [0.1, 0.15) is 11.9 Å². The molecule has 5 rings (SSSR count). The lowest BCUT2D eigenvalue weighted by Crippen LogP contribution is -2.43. The number of nitrogens with one attached hydrogen (secondary N) is 1. The van der Waals surface area contributed by atoms with Crippen LogP contribution < -0.4 is 11.0 Å². The number of esters is 2. The number of anilines is 1. The van der Waals surface area contributed by atoms with Crippen LogP contribution in [0.1, 0.15) is 55.9 Å². The maximum Gasteiger partial charge on any atom is 0.351 e. The van der Waals surface area contributed by atoms with E-state index in [0.29, 0.717) is 5.56 Å². The van der Waals surface area contributed by atoms with Crippen molar-refractivity contribution in [3.05, 3.63) is 130 Å². The lowest BCUT2D eigenvalue weighted by Gasteiger charge is -2.28. The minimum absolute atomic E-state index is 0.0525. The highest BCUT2D eigenvalue weighted by Gasteiger charge is 2.59. The third-order valence-corrected chi connectivity index (χ3v) is 6.87. The Balaban J connectivity index is 1.51. The van der Waals surface area contributed by atoms with Crippen LogP contribution in [-0.2, 0) is 14.2 Å². The molecule has 2 heterocycles. The largest absolute Gasteiger partial charge is 0.465 e. The van der Waals surface area contributed by atoms with Crippen LogP contribution >= 0.6 is 0 Å². The van der Waals surface area contributed by atoms with Crippen molar-refractivity contribution in [2.75, 3.05) is 12.4 Å². The van der Waals surface area contributed by atoms with Gasteiger partial charge in [0.15, 0.2) is 18.0 Å². The number of ether oxygens (including phenoxy) is 3. The molecule has 0 aliphatic carbocycles. The van der Waals surface area contributed by atoms with Gasteiger partial charge < -0.3 is 19.5 Å².